The summed E-state index contributed by atoms with van der Waals surface area (Å²) >= 11 is 0. The van der Waals surface area contributed by atoms with Gasteiger partial charge in [0.25, 0.3) is 0 Å². The molecule has 0 fully saturated rings. The average molecular weight is 307 g/mol. The number of rotatable bonds is 6. The number of hydrogen-bond donors (Lipinski definition) is 2. The molecule has 0 saturated heterocycles. The zero-order valence-electron chi connectivity index (χ0n) is 15.1. The predicted octanol–water partition coefficient (Wildman–Crippen LogP) is -2.81. The summed E-state index contributed by atoms with van der Waals surface area (Å²) in [5, 5.41) is 21.6. The lowest BCUT2D eigenvalue weighted by Crippen LogP contribution is -2.48. The van der Waals surface area contributed by atoms with Crippen LogP contribution in [-0.2, 0) is 6.42 Å². The Morgan fingerprint density at radius 1 is 0.783 bits per heavy atom. The van der Waals surface area contributed by atoms with Crippen molar-refractivity contribution in [3.8, 4) is 11.5 Å². The summed E-state index contributed by atoms with van der Waals surface area (Å²) in [4.78, 5) is 4.71. The molecule has 0 aliphatic carbocycles. The molecule has 0 saturated carbocycles. The van der Waals surface area contributed by atoms with Crippen LogP contribution in [0.2, 0.25) is 0 Å². The van der Waals surface area contributed by atoms with Crippen LogP contribution in [0, 0.1) is 0 Å². The van der Waals surface area contributed by atoms with E-state index in [9.17, 15) is 10.2 Å². The third-order valence-electron chi connectivity index (χ3n) is 5.15. The first kappa shape index (κ1) is 17.8. The van der Waals surface area contributed by atoms with Gasteiger partial charge in [-0.05, 0) is 12.8 Å². The highest BCUT2D eigenvalue weighted by Gasteiger charge is 2.18. The first-order chi connectivity index (χ1) is 10.9. The van der Waals surface area contributed by atoms with Gasteiger partial charge in [-0.15, -0.1) is 5.46 Å². The fourth-order valence-corrected chi connectivity index (χ4v) is 3.24. The van der Waals surface area contributed by atoms with E-state index < -0.39 is 0 Å². The molecule has 2 N–H and O–H groups in total. The van der Waals surface area contributed by atoms with Crippen LogP contribution in [0.4, 0.5) is 0 Å². The number of aromatic nitrogens is 1. The Kier molecular flexibility index (Phi) is 5.72. The molecule has 118 valence electrons. The molecule has 0 bridgehead atoms. The van der Waals surface area contributed by atoms with E-state index >= 15 is 0 Å². The molecule has 0 atom stereocenters. The van der Waals surface area contributed by atoms with Crippen LogP contribution in [0.15, 0.2) is 0 Å². The Morgan fingerprint density at radius 2 is 1.39 bits per heavy atom. The van der Waals surface area contributed by atoms with Gasteiger partial charge in [0.15, 0.2) is 11.5 Å². The molecule has 0 amide bonds. The van der Waals surface area contributed by atoms with Crippen LogP contribution in [0.25, 0.3) is 10.9 Å². The minimum absolute atomic E-state index is 0.0118. The van der Waals surface area contributed by atoms with E-state index in [2.05, 4.69) is 22.6 Å². The van der Waals surface area contributed by atoms with Crippen molar-refractivity contribution in [3.63, 3.8) is 0 Å². The molecule has 2 rings (SSSR count). The molecule has 0 radical (unpaired) electrons. The molecule has 1 heterocycles. The van der Waals surface area contributed by atoms with Gasteiger partial charge in [-0.2, -0.15) is 0 Å². The Balaban J connectivity index is 2.43. The summed E-state index contributed by atoms with van der Waals surface area (Å²) in [5.41, 5.74) is 5.89. The Hall–Kier alpha value is -1.51. The van der Waals surface area contributed by atoms with Crippen molar-refractivity contribution in [2.75, 3.05) is 0 Å². The Morgan fingerprint density at radius 3 is 2.04 bits per heavy atom. The van der Waals surface area contributed by atoms with Gasteiger partial charge in [0.1, 0.15) is 31.4 Å². The maximum absolute atomic E-state index is 10.5. The highest BCUT2D eigenvalue weighted by atomic mass is 16.3. The Bertz CT molecular complexity index is 734. The number of aromatic hydroxyl groups is 2. The zero-order chi connectivity index (χ0) is 17.1. The molecule has 0 aliphatic rings. The van der Waals surface area contributed by atoms with Gasteiger partial charge < -0.3 is 10.2 Å². The molecule has 0 spiro atoms. The molecule has 7 heteroatoms. The second-order valence-corrected chi connectivity index (χ2v) is 6.64. The number of pyridine rings is 1. The van der Waals surface area contributed by atoms with Crippen molar-refractivity contribution in [2.45, 2.75) is 45.4 Å². The SMILES string of the molecule is Bc1c(B)c(B)c2c(O)c(O)c(CCCCCCC)nc2c1B. The monoisotopic (exact) mass is 307 g/mol. The van der Waals surface area contributed by atoms with Gasteiger partial charge in [0.05, 0.1) is 11.2 Å². The van der Waals surface area contributed by atoms with Crippen molar-refractivity contribution >= 4 is 64.1 Å². The van der Waals surface area contributed by atoms with Crippen molar-refractivity contribution < 1.29 is 10.2 Å². The molecule has 23 heavy (non-hydrogen) atoms. The molecule has 0 unspecified atom stereocenters. The number of nitrogens with zero attached hydrogens (tertiary/aromatic N) is 1. The molecule has 1 aromatic carbocycles. The van der Waals surface area contributed by atoms with Gasteiger partial charge >= 0.3 is 0 Å². The van der Waals surface area contributed by atoms with E-state index in [4.69, 9.17) is 4.98 Å². The van der Waals surface area contributed by atoms with E-state index in [1.54, 1.807) is 0 Å². The van der Waals surface area contributed by atoms with E-state index in [-0.39, 0.29) is 11.5 Å². The minimum Gasteiger partial charge on any atom is -0.504 e. The van der Waals surface area contributed by atoms with Crippen molar-refractivity contribution in [2.24, 2.45) is 0 Å². The number of fused-ring (bicyclic) bond motifs is 1. The standard InChI is InChI=1S/C16H25B4NO2/c1-2-3-4-5-6-7-8-15(22)16(23)9-10(17)11(18)12(19)13(20)14(9)21-8/h22H,2-7,17-20H2,1H3,(H,21,23). The van der Waals surface area contributed by atoms with E-state index in [1.807, 2.05) is 15.7 Å². The van der Waals surface area contributed by atoms with E-state index in [0.717, 1.165) is 34.7 Å². The fraction of sp³-hybridized carbons (Fsp3) is 0.438. The molecule has 0 aliphatic heterocycles. The number of unbranched alkanes of at least 4 members (excludes halogenated alkanes) is 4. The highest BCUT2D eigenvalue weighted by Crippen LogP contribution is 2.33. The summed E-state index contributed by atoms with van der Waals surface area (Å²) in [7, 11) is 8.16. The highest BCUT2D eigenvalue weighted by molar-refractivity contribution is 6.66. The summed E-state index contributed by atoms with van der Waals surface area (Å²) < 4.78 is 0. The molecule has 3 nitrogen and oxygen atoms in total. The molecule has 2 aromatic rings. The van der Waals surface area contributed by atoms with Gasteiger partial charge in [0.2, 0.25) is 0 Å². The van der Waals surface area contributed by atoms with Gasteiger partial charge in [-0.25, -0.2) is 4.98 Å². The molecular weight excluding hydrogens is 281 g/mol. The van der Waals surface area contributed by atoms with Crippen LogP contribution >= 0.6 is 0 Å². The quantitative estimate of drug-likeness (QED) is 0.448. The van der Waals surface area contributed by atoms with E-state index in [1.165, 1.54) is 24.7 Å². The second kappa shape index (κ2) is 7.37. The van der Waals surface area contributed by atoms with Crippen LogP contribution in [0.5, 0.6) is 11.5 Å². The maximum Gasteiger partial charge on any atom is 0.180 e. The number of aryl methyl sites for hydroxylation is 1. The first-order valence-corrected chi connectivity index (χ1v) is 8.71. The van der Waals surface area contributed by atoms with Crippen molar-refractivity contribution in [3.05, 3.63) is 5.69 Å². The van der Waals surface area contributed by atoms with Gasteiger partial charge in [0, 0.05) is 5.39 Å². The average Bonchev–Trinajstić information content (AvgIpc) is 2.54. The van der Waals surface area contributed by atoms with Crippen molar-refractivity contribution in [1.29, 1.82) is 0 Å². The summed E-state index contributed by atoms with van der Waals surface area (Å²) in [6, 6.07) is 0. The lowest BCUT2D eigenvalue weighted by molar-refractivity contribution is 0.400. The third-order valence-corrected chi connectivity index (χ3v) is 5.15. The second-order valence-electron chi connectivity index (χ2n) is 6.64. The maximum atomic E-state index is 10.5. The van der Waals surface area contributed by atoms with Crippen LogP contribution in [0.1, 0.15) is 44.7 Å². The minimum atomic E-state index is -0.0428. The van der Waals surface area contributed by atoms with Gasteiger partial charge in [-0.1, -0.05) is 49.0 Å². The van der Waals surface area contributed by atoms with Gasteiger partial charge in [-0.3, -0.25) is 0 Å². The topological polar surface area (TPSA) is 53.4 Å². The zero-order valence-corrected chi connectivity index (χ0v) is 15.1. The van der Waals surface area contributed by atoms with Crippen LogP contribution in [0.3, 0.4) is 0 Å². The lowest BCUT2D eigenvalue weighted by atomic mass is 9.65. The van der Waals surface area contributed by atoms with E-state index in [0.29, 0.717) is 17.5 Å². The largest absolute Gasteiger partial charge is 0.504 e. The third kappa shape index (κ3) is 3.39. The summed E-state index contributed by atoms with van der Waals surface area (Å²) in [5.74, 6) is -0.0546. The molecule has 1 aromatic heterocycles. The lowest BCUT2D eigenvalue weighted by Gasteiger charge is -2.17. The smallest absolute Gasteiger partial charge is 0.180 e. The summed E-state index contributed by atoms with van der Waals surface area (Å²) in [6.45, 7) is 2.20. The normalized spacial score (nSPS) is 11.2. The fourth-order valence-electron chi connectivity index (χ4n) is 3.24. The Labute approximate surface area is 142 Å². The number of benzene rings is 1. The first-order valence-electron chi connectivity index (χ1n) is 8.71. The van der Waals surface area contributed by atoms with Crippen LogP contribution < -0.4 is 21.9 Å². The summed E-state index contributed by atoms with van der Waals surface area (Å²) in [6.07, 6.45) is 6.53. The number of hydrogen-bond acceptors (Lipinski definition) is 3. The molecular formula is C16H25B4NO2. The van der Waals surface area contributed by atoms with Crippen molar-refractivity contribution in [1.82, 2.24) is 4.98 Å². The predicted molar refractivity (Wildman–Crippen MR) is 110 cm³/mol. The van der Waals surface area contributed by atoms with Crippen LogP contribution in [-0.4, -0.2) is 46.6 Å².